The third-order valence-electron chi connectivity index (χ3n) is 10.3. The monoisotopic (exact) mass is 815 g/mol. The van der Waals surface area contributed by atoms with Crippen LogP contribution in [-0.2, 0) is 0 Å². The highest BCUT2D eigenvalue weighted by Crippen LogP contribution is 2.38. The van der Waals surface area contributed by atoms with Crippen molar-refractivity contribution in [2.24, 2.45) is 0 Å². The number of para-hydroxylation sites is 2. The summed E-state index contributed by atoms with van der Waals surface area (Å²) >= 11 is 0. The van der Waals surface area contributed by atoms with Gasteiger partial charge in [0.25, 0.3) is 0 Å². The second kappa shape index (κ2) is 14.7. The van der Waals surface area contributed by atoms with Gasteiger partial charge >= 0.3 is 0 Å². The van der Waals surface area contributed by atoms with E-state index >= 15 is 0 Å². The molecule has 12 rings (SSSR count). The average Bonchev–Trinajstić information content (AvgIpc) is 1.54. The molecular formula is C57H37N5. The highest BCUT2D eigenvalue weighted by molar-refractivity contribution is 6.11. The zero-order chi connectivity index (χ0) is 61.9. The second-order valence-electron chi connectivity index (χ2n) is 13.8. The van der Waals surface area contributed by atoms with E-state index in [4.69, 9.17) is 36.9 Å². The summed E-state index contributed by atoms with van der Waals surface area (Å²) in [4.78, 5) is 14.5. The van der Waals surface area contributed by atoms with Gasteiger partial charge in [-0.3, -0.25) is 9.13 Å². The molecule has 0 saturated carbocycles. The quantitative estimate of drug-likeness (QED) is 0.161. The fourth-order valence-electron chi connectivity index (χ4n) is 7.43. The van der Waals surface area contributed by atoms with Crippen molar-refractivity contribution in [1.82, 2.24) is 24.1 Å². The highest BCUT2D eigenvalue weighted by atomic mass is 15.3. The molecule has 0 amide bonds. The van der Waals surface area contributed by atoms with E-state index in [-0.39, 0.29) is 22.2 Å². The smallest absolute Gasteiger partial charge is 0.240 e. The summed E-state index contributed by atoms with van der Waals surface area (Å²) in [6.07, 6.45) is 0. The van der Waals surface area contributed by atoms with Gasteiger partial charge in [-0.1, -0.05) is 194 Å². The maximum atomic E-state index is 10.1. The van der Waals surface area contributed by atoms with Crippen LogP contribution >= 0.6 is 0 Å². The van der Waals surface area contributed by atoms with Gasteiger partial charge in [-0.05, 0) is 74.7 Å². The molecule has 9 aromatic carbocycles. The molecule has 0 N–H and O–H groups in total. The van der Waals surface area contributed by atoms with Gasteiger partial charge in [-0.15, -0.1) is 0 Å². The van der Waals surface area contributed by atoms with E-state index in [1.807, 2.05) is 54.6 Å². The number of nitrogens with zero attached hydrogens (tertiary/aromatic N) is 5. The van der Waals surface area contributed by atoms with Crippen molar-refractivity contribution in [3.8, 4) is 67.8 Å². The van der Waals surface area contributed by atoms with E-state index in [9.17, 15) is 11.0 Å². The number of hydrogen-bond donors (Lipinski definition) is 0. The number of benzene rings is 9. The summed E-state index contributed by atoms with van der Waals surface area (Å²) in [5, 5.41) is -1.82. The molecule has 0 aliphatic carbocycles. The Bertz CT molecular complexity index is 4760. The van der Waals surface area contributed by atoms with Gasteiger partial charge in [0, 0.05) is 27.1 Å². The van der Waals surface area contributed by atoms with Crippen LogP contribution < -0.4 is 0 Å². The molecule has 290 valence electrons. The molecule has 0 radical (unpaired) electrons. The number of aromatic nitrogens is 5. The van der Waals surface area contributed by atoms with E-state index < -0.39 is 212 Å². The first-order valence-electron chi connectivity index (χ1n) is 31.0. The molecule has 0 aliphatic heterocycles. The minimum absolute atomic E-state index is 0.171. The summed E-state index contributed by atoms with van der Waals surface area (Å²) in [6.45, 7) is 0. The Hall–Kier alpha value is -8.41. The van der Waals surface area contributed by atoms with Crippen LogP contribution in [0.25, 0.3) is 111 Å². The van der Waals surface area contributed by atoms with E-state index in [2.05, 4.69) is 0 Å². The normalized spacial score (nSPS) is 17.0. The first-order valence-corrected chi connectivity index (χ1v) is 19.0. The molecule has 0 unspecified atom stereocenters. The lowest BCUT2D eigenvalue weighted by Gasteiger charge is -2.13. The van der Waals surface area contributed by atoms with Crippen LogP contribution in [0.4, 0.5) is 0 Å². The van der Waals surface area contributed by atoms with E-state index in [0.29, 0.717) is 5.56 Å². The van der Waals surface area contributed by atoms with Crippen LogP contribution in [0.2, 0.25) is 0 Å². The summed E-state index contributed by atoms with van der Waals surface area (Å²) in [5.74, 6) is -1.67. The molecule has 0 spiro atoms. The SMILES string of the molecule is [2H]c1c([2H])c([2H])c(-c2c([2H])c([2H])c3c4c([2H])c([2H])c(-c5c([2H])c([2H])c([2H])c([2H])c5[2H])c([2H])c4n(-c4nc(-c5ccc(-c6cccc(-c7ccccc7)c6)cc5)nc(-n5c6c([2H])c([2H])c([2H])c([2H])c6c6c([2H])c([2H])c([2H])c([2H])c65)n4)c3c2[2H])c([2H])c1[2H]. The third kappa shape index (κ3) is 6.06. The maximum absolute atomic E-state index is 10.1. The van der Waals surface area contributed by atoms with Gasteiger partial charge in [0.15, 0.2) is 5.82 Å². The lowest BCUT2D eigenvalue weighted by atomic mass is 9.98. The lowest BCUT2D eigenvalue weighted by Crippen LogP contribution is -2.10. The van der Waals surface area contributed by atoms with Crippen molar-refractivity contribution in [2.45, 2.75) is 0 Å². The predicted molar refractivity (Wildman–Crippen MR) is 256 cm³/mol. The molecule has 12 aromatic rings. The predicted octanol–water partition coefficient (Wildman–Crippen LogP) is 14.4. The van der Waals surface area contributed by atoms with Crippen LogP contribution in [0.3, 0.4) is 0 Å². The zero-order valence-corrected chi connectivity index (χ0v) is 31.7. The van der Waals surface area contributed by atoms with E-state index in [1.165, 1.54) is 0 Å². The third-order valence-corrected chi connectivity index (χ3v) is 10.3. The maximum Gasteiger partial charge on any atom is 0.240 e. The van der Waals surface area contributed by atoms with Crippen LogP contribution in [0.1, 0.15) is 32.9 Å². The average molecular weight is 816 g/mol. The van der Waals surface area contributed by atoms with Crippen LogP contribution in [0.5, 0.6) is 0 Å². The first-order chi connectivity index (χ1) is 40.7. The van der Waals surface area contributed by atoms with Crippen molar-refractivity contribution >= 4 is 43.6 Å². The number of rotatable bonds is 7. The molecule has 5 nitrogen and oxygen atoms in total. The molecule has 62 heavy (non-hydrogen) atoms. The Morgan fingerprint density at radius 3 is 1.29 bits per heavy atom. The standard InChI is InChI=1S/C57H37N5/c1-4-15-38(16-5-1)43-21-14-22-44(35-43)41-27-29-42(30-28-41)55-58-56(61-51-25-12-10-23-47(51)48-24-11-13-26-52(48)61)60-57(59-55)62-53-36-45(39-17-6-2-7-18-39)31-33-49(53)50-34-32-46(37-54(50)62)40-19-8-3-9-20-40/h1-37H/i2D,3D,6D,7D,8D,9D,10D,11D,12D,13D,17D,18D,19D,20D,23D,24D,25D,26D,31D,32D,33D,34D,36D,37D. The van der Waals surface area contributed by atoms with Gasteiger partial charge in [0.2, 0.25) is 11.9 Å². The van der Waals surface area contributed by atoms with Crippen molar-refractivity contribution < 1.29 is 32.9 Å². The lowest BCUT2D eigenvalue weighted by molar-refractivity contribution is 0.893. The Balaban J connectivity index is 1.29. The Kier molecular flexibility index (Phi) is 4.48. The van der Waals surface area contributed by atoms with Crippen LogP contribution in [0.15, 0.2) is 224 Å². The second-order valence-corrected chi connectivity index (χ2v) is 13.8. The summed E-state index contributed by atoms with van der Waals surface area (Å²) in [5.41, 5.74) is -1.50. The molecule has 0 aliphatic rings. The van der Waals surface area contributed by atoms with Crippen LogP contribution in [-0.4, -0.2) is 24.1 Å². The zero-order valence-electron chi connectivity index (χ0n) is 55.7. The van der Waals surface area contributed by atoms with E-state index in [1.54, 1.807) is 24.3 Å². The van der Waals surface area contributed by atoms with Crippen molar-refractivity contribution in [2.75, 3.05) is 0 Å². The van der Waals surface area contributed by atoms with Crippen molar-refractivity contribution in [3.05, 3.63) is 224 Å². The van der Waals surface area contributed by atoms with Crippen molar-refractivity contribution in [1.29, 1.82) is 0 Å². The molecule has 5 heteroatoms. The number of hydrogen-bond acceptors (Lipinski definition) is 3. The molecule has 3 aromatic heterocycles. The molecule has 0 bridgehead atoms. The fourth-order valence-corrected chi connectivity index (χ4v) is 7.43. The van der Waals surface area contributed by atoms with Gasteiger partial charge in [-0.25, -0.2) is 0 Å². The largest absolute Gasteiger partial charge is 0.278 e. The number of fused-ring (bicyclic) bond motifs is 6. The van der Waals surface area contributed by atoms with E-state index in [0.717, 1.165) is 25.8 Å². The molecule has 0 fully saturated rings. The topological polar surface area (TPSA) is 48.5 Å². The molecule has 3 heterocycles. The van der Waals surface area contributed by atoms with Crippen LogP contribution in [0, 0.1) is 0 Å². The summed E-state index contributed by atoms with van der Waals surface area (Å²) in [7, 11) is 0. The Morgan fingerprint density at radius 2 is 0.742 bits per heavy atom. The Labute approximate surface area is 392 Å². The van der Waals surface area contributed by atoms with Gasteiger partial charge in [0.1, 0.15) is 0 Å². The van der Waals surface area contributed by atoms with Gasteiger partial charge in [0.05, 0.1) is 55.0 Å². The van der Waals surface area contributed by atoms with Crippen molar-refractivity contribution in [3.63, 3.8) is 0 Å². The molecule has 0 saturated heterocycles. The molecule has 0 atom stereocenters. The highest BCUT2D eigenvalue weighted by Gasteiger charge is 2.21. The first kappa shape index (κ1) is 18.9. The minimum atomic E-state index is -0.910. The summed E-state index contributed by atoms with van der Waals surface area (Å²) < 4.78 is 219. The fraction of sp³-hybridized carbons (Fsp3) is 0. The molecular weight excluding hydrogens is 755 g/mol. The Morgan fingerprint density at radius 1 is 0.306 bits per heavy atom. The minimum Gasteiger partial charge on any atom is -0.278 e. The van der Waals surface area contributed by atoms with Gasteiger partial charge < -0.3 is 0 Å². The summed E-state index contributed by atoms with van der Waals surface area (Å²) in [6, 6.07) is 3.82. The van der Waals surface area contributed by atoms with Gasteiger partial charge in [-0.2, -0.15) is 15.0 Å².